The van der Waals surface area contributed by atoms with Gasteiger partial charge in [0, 0.05) is 49.5 Å². The fourth-order valence-corrected chi connectivity index (χ4v) is 4.00. The van der Waals surface area contributed by atoms with Crippen LogP contribution >= 0.6 is 39.9 Å². The second-order valence-electron chi connectivity index (χ2n) is 6.47. The van der Waals surface area contributed by atoms with Gasteiger partial charge in [-0.15, -0.1) is 24.0 Å². The molecule has 1 atom stereocenters. The van der Waals surface area contributed by atoms with Gasteiger partial charge in [0.05, 0.1) is 0 Å². The first kappa shape index (κ1) is 19.5. The number of hydrogen-bond acceptors (Lipinski definition) is 2. The van der Waals surface area contributed by atoms with E-state index in [0.717, 1.165) is 49.5 Å². The molecule has 0 bridgehead atoms. The van der Waals surface area contributed by atoms with Gasteiger partial charge >= 0.3 is 0 Å². The van der Waals surface area contributed by atoms with Crippen molar-refractivity contribution >= 4 is 51.8 Å². The van der Waals surface area contributed by atoms with Gasteiger partial charge in [-0.2, -0.15) is 0 Å². The zero-order valence-corrected chi connectivity index (χ0v) is 17.8. The van der Waals surface area contributed by atoms with Crippen molar-refractivity contribution < 1.29 is 4.79 Å². The van der Waals surface area contributed by atoms with Crippen LogP contribution < -0.4 is 10.6 Å². The lowest BCUT2D eigenvalue weighted by Gasteiger charge is -2.40. The van der Waals surface area contributed by atoms with E-state index in [1.54, 1.807) is 0 Å². The molecular formula is C17H24BrIN4O. The number of nitrogens with zero attached hydrogens (tertiary/aromatic N) is 2. The first-order chi connectivity index (χ1) is 11.1. The molecule has 2 aliphatic rings. The summed E-state index contributed by atoms with van der Waals surface area (Å²) in [5.74, 6) is 1.10. The maximum atomic E-state index is 11.6. The molecular weight excluding hydrogens is 483 g/mol. The first-order valence-corrected chi connectivity index (χ1v) is 8.87. The average Bonchev–Trinajstić information content (AvgIpc) is 2.90. The van der Waals surface area contributed by atoms with E-state index in [4.69, 9.17) is 0 Å². The van der Waals surface area contributed by atoms with Crippen LogP contribution in [0.2, 0.25) is 0 Å². The van der Waals surface area contributed by atoms with Crippen LogP contribution in [0, 0.1) is 5.41 Å². The molecule has 7 heteroatoms. The number of amides is 1. The molecule has 5 nitrogen and oxygen atoms in total. The number of halogens is 2. The SMILES string of the molecule is CN=C(NCc1ccccc1Br)N1CCCC2(CNC(=O)C2)C1.I. The highest BCUT2D eigenvalue weighted by Crippen LogP contribution is 2.36. The van der Waals surface area contributed by atoms with E-state index >= 15 is 0 Å². The Morgan fingerprint density at radius 1 is 1.46 bits per heavy atom. The van der Waals surface area contributed by atoms with Gasteiger partial charge in [0.15, 0.2) is 5.96 Å². The third-order valence-electron chi connectivity index (χ3n) is 4.76. The monoisotopic (exact) mass is 506 g/mol. The van der Waals surface area contributed by atoms with Gasteiger partial charge in [-0.05, 0) is 24.5 Å². The molecule has 0 radical (unpaired) electrons. The van der Waals surface area contributed by atoms with Crippen molar-refractivity contribution in [3.63, 3.8) is 0 Å². The van der Waals surface area contributed by atoms with Crippen LogP contribution in [0.25, 0.3) is 0 Å². The number of carbonyl (C=O) groups is 1. The number of rotatable bonds is 2. The highest BCUT2D eigenvalue weighted by Gasteiger charge is 2.42. The van der Waals surface area contributed by atoms with E-state index < -0.39 is 0 Å². The lowest BCUT2D eigenvalue weighted by atomic mass is 9.79. The largest absolute Gasteiger partial charge is 0.355 e. The molecule has 2 N–H and O–H groups in total. The molecule has 1 unspecified atom stereocenters. The number of carbonyl (C=O) groups excluding carboxylic acids is 1. The predicted molar refractivity (Wildman–Crippen MR) is 111 cm³/mol. The molecule has 0 saturated carbocycles. The molecule has 1 aromatic carbocycles. The summed E-state index contributed by atoms with van der Waals surface area (Å²) in [5.41, 5.74) is 1.29. The van der Waals surface area contributed by atoms with Crippen molar-refractivity contribution in [1.29, 1.82) is 0 Å². The van der Waals surface area contributed by atoms with Crippen molar-refractivity contribution in [2.75, 3.05) is 26.7 Å². The second kappa shape index (κ2) is 8.51. The Hall–Kier alpha value is -0.830. The van der Waals surface area contributed by atoms with Gasteiger partial charge in [-0.25, -0.2) is 0 Å². The van der Waals surface area contributed by atoms with Crippen molar-refractivity contribution in [2.24, 2.45) is 10.4 Å². The summed E-state index contributed by atoms with van der Waals surface area (Å²) in [7, 11) is 1.82. The van der Waals surface area contributed by atoms with Gasteiger partial charge in [0.25, 0.3) is 0 Å². The quantitative estimate of drug-likeness (QED) is 0.368. The second-order valence-corrected chi connectivity index (χ2v) is 7.33. The van der Waals surface area contributed by atoms with E-state index in [1.807, 2.05) is 25.2 Å². The van der Waals surface area contributed by atoms with Crippen LogP contribution in [0.3, 0.4) is 0 Å². The molecule has 132 valence electrons. The zero-order valence-electron chi connectivity index (χ0n) is 13.8. The smallest absolute Gasteiger partial charge is 0.220 e. The van der Waals surface area contributed by atoms with Crippen LogP contribution in [-0.4, -0.2) is 43.4 Å². The third kappa shape index (κ3) is 4.41. The van der Waals surface area contributed by atoms with Crippen LogP contribution in [0.5, 0.6) is 0 Å². The Kier molecular flexibility index (Phi) is 6.91. The molecule has 1 amide bonds. The van der Waals surface area contributed by atoms with E-state index in [2.05, 4.69) is 42.5 Å². The van der Waals surface area contributed by atoms with Gasteiger partial charge in [-0.1, -0.05) is 34.1 Å². The van der Waals surface area contributed by atoms with Crippen molar-refractivity contribution in [3.05, 3.63) is 34.3 Å². The van der Waals surface area contributed by atoms with Crippen molar-refractivity contribution in [1.82, 2.24) is 15.5 Å². The number of benzene rings is 1. The lowest BCUT2D eigenvalue weighted by Crippen LogP contribution is -2.51. The van der Waals surface area contributed by atoms with Crippen LogP contribution in [0.4, 0.5) is 0 Å². The number of aliphatic imine (C=N–C) groups is 1. The molecule has 2 aliphatic heterocycles. The molecule has 2 fully saturated rings. The summed E-state index contributed by atoms with van der Waals surface area (Å²) in [4.78, 5) is 18.4. The van der Waals surface area contributed by atoms with E-state index in [1.165, 1.54) is 5.56 Å². The van der Waals surface area contributed by atoms with E-state index in [-0.39, 0.29) is 35.3 Å². The van der Waals surface area contributed by atoms with E-state index in [9.17, 15) is 4.79 Å². The maximum Gasteiger partial charge on any atom is 0.220 e. The van der Waals surface area contributed by atoms with Gasteiger partial charge < -0.3 is 15.5 Å². The van der Waals surface area contributed by atoms with Gasteiger partial charge in [0.1, 0.15) is 0 Å². The number of guanidine groups is 1. The maximum absolute atomic E-state index is 11.6. The standard InChI is InChI=1S/C17H23BrN4O.HI/c1-19-16(20-10-13-5-2-3-6-14(13)18)22-8-4-7-17(12-22)9-15(23)21-11-17;/h2-3,5-6H,4,7-12H2,1H3,(H,19,20)(H,21,23);1H. The molecule has 0 aromatic heterocycles. The number of hydrogen-bond donors (Lipinski definition) is 2. The van der Waals surface area contributed by atoms with Gasteiger partial charge in [-0.3, -0.25) is 9.79 Å². The van der Waals surface area contributed by atoms with E-state index in [0.29, 0.717) is 6.42 Å². The average molecular weight is 507 g/mol. The zero-order chi connectivity index (χ0) is 16.3. The number of nitrogens with one attached hydrogen (secondary N) is 2. The molecule has 24 heavy (non-hydrogen) atoms. The highest BCUT2D eigenvalue weighted by atomic mass is 127. The Morgan fingerprint density at radius 2 is 2.25 bits per heavy atom. The molecule has 0 aliphatic carbocycles. The molecule has 1 spiro atoms. The van der Waals surface area contributed by atoms with Crippen molar-refractivity contribution in [3.8, 4) is 0 Å². The normalized spacial score (nSPS) is 23.8. The number of likely N-dealkylation sites (tertiary alicyclic amines) is 1. The summed E-state index contributed by atoms with van der Waals surface area (Å²) in [6.07, 6.45) is 2.86. The van der Waals surface area contributed by atoms with Crippen LogP contribution in [0.15, 0.2) is 33.7 Å². The molecule has 2 heterocycles. The molecule has 3 rings (SSSR count). The molecule has 2 saturated heterocycles. The summed E-state index contributed by atoms with van der Waals surface area (Å²) < 4.78 is 1.10. The first-order valence-electron chi connectivity index (χ1n) is 8.08. The summed E-state index contributed by atoms with van der Waals surface area (Å²) in [6.45, 7) is 3.41. The summed E-state index contributed by atoms with van der Waals surface area (Å²) in [6, 6.07) is 8.20. The fourth-order valence-electron chi connectivity index (χ4n) is 3.58. The van der Waals surface area contributed by atoms with Crippen LogP contribution in [-0.2, 0) is 11.3 Å². The number of piperidine rings is 1. The Labute approximate surface area is 168 Å². The summed E-state index contributed by atoms with van der Waals surface area (Å²) >= 11 is 3.58. The van der Waals surface area contributed by atoms with Crippen molar-refractivity contribution in [2.45, 2.75) is 25.8 Å². The Bertz CT molecular complexity index is 624. The summed E-state index contributed by atoms with van der Waals surface area (Å²) in [5, 5.41) is 6.45. The Morgan fingerprint density at radius 3 is 2.92 bits per heavy atom. The lowest BCUT2D eigenvalue weighted by molar-refractivity contribution is -0.119. The van der Waals surface area contributed by atoms with Gasteiger partial charge in [0.2, 0.25) is 5.91 Å². The highest BCUT2D eigenvalue weighted by molar-refractivity contribution is 14.0. The topological polar surface area (TPSA) is 56.7 Å². The predicted octanol–water partition coefficient (Wildman–Crippen LogP) is 2.74. The van der Waals surface area contributed by atoms with Crippen LogP contribution in [0.1, 0.15) is 24.8 Å². The molecule has 1 aromatic rings. The Balaban J connectivity index is 0.00000208. The third-order valence-corrected chi connectivity index (χ3v) is 5.54. The minimum atomic E-state index is 0. The fraction of sp³-hybridized carbons (Fsp3) is 0.529. The minimum absolute atomic E-state index is 0. The minimum Gasteiger partial charge on any atom is -0.355 e.